The first-order valence-corrected chi connectivity index (χ1v) is 6.22. The monoisotopic (exact) mass is 313 g/mol. The highest BCUT2D eigenvalue weighted by Gasteiger charge is 2.07. The molecule has 0 aliphatic carbocycles. The Kier molecular flexibility index (Phi) is 2.75. The van der Waals surface area contributed by atoms with Crippen LogP contribution in [-0.2, 0) is 6.42 Å². The maximum absolute atomic E-state index is 8.67. The van der Waals surface area contributed by atoms with Crippen molar-refractivity contribution in [3.05, 3.63) is 32.2 Å². The summed E-state index contributed by atoms with van der Waals surface area (Å²) in [7, 11) is 0. The number of nitriles is 1. The van der Waals surface area contributed by atoms with Crippen LogP contribution in [0.2, 0.25) is 0 Å². The summed E-state index contributed by atoms with van der Waals surface area (Å²) in [5, 5.41) is 12.0. The molecule has 0 fully saturated rings. The van der Waals surface area contributed by atoms with E-state index in [-0.39, 0.29) is 0 Å². The van der Waals surface area contributed by atoms with Crippen molar-refractivity contribution in [2.45, 2.75) is 13.3 Å². The highest BCUT2D eigenvalue weighted by molar-refractivity contribution is 14.1. The van der Waals surface area contributed by atoms with Gasteiger partial charge in [0.1, 0.15) is 0 Å². The molecule has 0 N–H and O–H groups in total. The molecule has 1 nitrogen and oxygen atoms in total. The first-order chi connectivity index (χ1) is 6.74. The van der Waals surface area contributed by atoms with Crippen LogP contribution in [0.5, 0.6) is 0 Å². The topological polar surface area (TPSA) is 23.8 Å². The number of benzene rings is 1. The Morgan fingerprint density at radius 2 is 2.29 bits per heavy atom. The summed E-state index contributed by atoms with van der Waals surface area (Å²) >= 11 is 4.11. The maximum Gasteiger partial charge on any atom is 0.0670 e. The van der Waals surface area contributed by atoms with Gasteiger partial charge >= 0.3 is 0 Å². The molecular weight excluding hydrogens is 305 g/mol. The van der Waals surface area contributed by atoms with Gasteiger partial charge < -0.3 is 0 Å². The molecule has 0 atom stereocenters. The molecule has 0 spiro atoms. The number of rotatable bonds is 1. The van der Waals surface area contributed by atoms with Crippen LogP contribution in [0.1, 0.15) is 11.1 Å². The number of hydrogen-bond acceptors (Lipinski definition) is 2. The Labute approximate surface area is 101 Å². The largest absolute Gasteiger partial charge is 0.198 e. The van der Waals surface area contributed by atoms with Crippen LogP contribution in [0.4, 0.5) is 0 Å². The summed E-state index contributed by atoms with van der Waals surface area (Å²) in [4.78, 5) is 0. The van der Waals surface area contributed by atoms with Gasteiger partial charge in [0.15, 0.2) is 0 Å². The van der Waals surface area contributed by atoms with Crippen LogP contribution in [0.3, 0.4) is 0 Å². The average Bonchev–Trinajstić information content (AvgIpc) is 2.57. The number of halogens is 1. The van der Waals surface area contributed by atoms with E-state index in [9.17, 15) is 0 Å². The molecule has 0 saturated heterocycles. The Balaban J connectivity index is 2.72. The summed E-state index contributed by atoms with van der Waals surface area (Å²) in [6.07, 6.45) is 0.513. The minimum atomic E-state index is 0.513. The van der Waals surface area contributed by atoms with Crippen molar-refractivity contribution >= 4 is 44.0 Å². The second kappa shape index (κ2) is 3.87. The van der Waals surface area contributed by atoms with Crippen LogP contribution in [-0.4, -0.2) is 0 Å². The fourth-order valence-corrected chi connectivity index (χ4v) is 3.35. The van der Waals surface area contributed by atoms with Crippen LogP contribution >= 0.6 is 33.9 Å². The zero-order valence-electron chi connectivity index (χ0n) is 7.67. The molecule has 1 aromatic heterocycles. The second-order valence-electron chi connectivity index (χ2n) is 3.17. The number of thiophene rings is 1. The summed E-state index contributed by atoms with van der Waals surface area (Å²) < 4.78 is 2.63. The Morgan fingerprint density at radius 1 is 1.50 bits per heavy atom. The molecule has 14 heavy (non-hydrogen) atoms. The van der Waals surface area contributed by atoms with E-state index < -0.39 is 0 Å². The van der Waals surface area contributed by atoms with Gasteiger partial charge in [-0.15, -0.1) is 11.3 Å². The van der Waals surface area contributed by atoms with Crippen LogP contribution in [0.15, 0.2) is 17.5 Å². The lowest BCUT2D eigenvalue weighted by atomic mass is 10.1. The summed E-state index contributed by atoms with van der Waals surface area (Å²) in [6, 6.07) is 6.44. The van der Waals surface area contributed by atoms with E-state index in [2.05, 4.69) is 53.1 Å². The minimum Gasteiger partial charge on any atom is -0.198 e. The van der Waals surface area contributed by atoms with E-state index in [1.165, 1.54) is 19.2 Å². The normalized spacial score (nSPS) is 10.4. The van der Waals surface area contributed by atoms with Crippen molar-refractivity contribution < 1.29 is 0 Å². The Bertz CT molecular complexity index is 522. The standard InChI is InChI=1S/C11H8INS/c1-7-2-3-9-8(4-5-13)6-14-11(9)10(7)12/h2-3,6H,4H2,1H3. The van der Waals surface area contributed by atoms with Gasteiger partial charge in [-0.25, -0.2) is 0 Å². The zero-order valence-corrected chi connectivity index (χ0v) is 10.6. The third-order valence-corrected chi connectivity index (χ3v) is 5.04. The molecule has 0 unspecified atom stereocenters. The zero-order chi connectivity index (χ0) is 10.1. The number of aryl methyl sites for hydroxylation is 1. The van der Waals surface area contributed by atoms with Gasteiger partial charge in [0.2, 0.25) is 0 Å². The van der Waals surface area contributed by atoms with E-state index in [0.29, 0.717) is 6.42 Å². The molecule has 70 valence electrons. The van der Waals surface area contributed by atoms with E-state index in [0.717, 1.165) is 5.56 Å². The quantitative estimate of drug-likeness (QED) is 0.733. The highest BCUT2D eigenvalue weighted by atomic mass is 127. The molecule has 1 heterocycles. The van der Waals surface area contributed by atoms with Crippen LogP contribution in [0.25, 0.3) is 10.1 Å². The molecule has 0 amide bonds. The summed E-state index contributed by atoms with van der Waals surface area (Å²) in [5.41, 5.74) is 2.47. The van der Waals surface area contributed by atoms with E-state index in [1.807, 2.05) is 0 Å². The van der Waals surface area contributed by atoms with Gasteiger partial charge in [-0.3, -0.25) is 0 Å². The van der Waals surface area contributed by atoms with Crippen molar-refractivity contribution in [1.82, 2.24) is 0 Å². The van der Waals surface area contributed by atoms with Crippen molar-refractivity contribution in [2.24, 2.45) is 0 Å². The number of nitrogens with zero attached hydrogens (tertiary/aromatic N) is 1. The number of hydrogen-bond donors (Lipinski definition) is 0. The highest BCUT2D eigenvalue weighted by Crippen LogP contribution is 2.32. The second-order valence-corrected chi connectivity index (χ2v) is 5.13. The van der Waals surface area contributed by atoms with E-state index in [4.69, 9.17) is 5.26 Å². The van der Waals surface area contributed by atoms with E-state index in [1.54, 1.807) is 11.3 Å². The summed E-state index contributed by atoms with van der Waals surface area (Å²) in [6.45, 7) is 2.12. The van der Waals surface area contributed by atoms with Gasteiger partial charge in [0.05, 0.1) is 12.5 Å². The molecular formula is C11H8INS. The van der Waals surface area contributed by atoms with Gasteiger partial charge in [-0.05, 0) is 51.4 Å². The predicted octanol–water partition coefficient (Wildman–Crippen LogP) is 3.88. The first kappa shape index (κ1) is 9.94. The molecule has 2 rings (SSSR count). The molecule has 0 aliphatic heterocycles. The van der Waals surface area contributed by atoms with Crippen molar-refractivity contribution in [3.8, 4) is 6.07 Å². The first-order valence-electron chi connectivity index (χ1n) is 4.26. The molecule has 0 bridgehead atoms. The smallest absolute Gasteiger partial charge is 0.0670 e. The molecule has 1 aromatic carbocycles. The van der Waals surface area contributed by atoms with Crippen molar-refractivity contribution in [2.75, 3.05) is 0 Å². The molecule has 0 saturated carbocycles. The number of fused-ring (bicyclic) bond motifs is 1. The van der Waals surface area contributed by atoms with Crippen molar-refractivity contribution in [1.29, 1.82) is 5.26 Å². The third kappa shape index (κ3) is 1.53. The van der Waals surface area contributed by atoms with Crippen LogP contribution in [0, 0.1) is 21.8 Å². The molecule has 0 aliphatic rings. The fourth-order valence-electron chi connectivity index (χ4n) is 1.44. The Morgan fingerprint density at radius 3 is 3.00 bits per heavy atom. The van der Waals surface area contributed by atoms with Gasteiger partial charge in [-0.1, -0.05) is 12.1 Å². The minimum absolute atomic E-state index is 0.513. The molecule has 2 aromatic rings. The van der Waals surface area contributed by atoms with Gasteiger partial charge in [0.25, 0.3) is 0 Å². The predicted molar refractivity (Wildman–Crippen MR) is 68.6 cm³/mol. The van der Waals surface area contributed by atoms with Crippen LogP contribution < -0.4 is 0 Å². The lowest BCUT2D eigenvalue weighted by Gasteiger charge is -1.99. The maximum atomic E-state index is 8.67. The molecule has 3 heteroatoms. The van der Waals surface area contributed by atoms with Gasteiger partial charge in [-0.2, -0.15) is 5.26 Å². The lowest BCUT2D eigenvalue weighted by molar-refractivity contribution is 1.30. The Hall–Kier alpha value is -0.600. The van der Waals surface area contributed by atoms with Crippen molar-refractivity contribution in [3.63, 3.8) is 0 Å². The third-order valence-electron chi connectivity index (χ3n) is 2.22. The molecule has 0 radical (unpaired) electrons. The van der Waals surface area contributed by atoms with E-state index >= 15 is 0 Å². The SMILES string of the molecule is Cc1ccc2c(CC#N)csc2c1I. The fraction of sp³-hybridized carbons (Fsp3) is 0.182. The average molecular weight is 313 g/mol. The lowest BCUT2D eigenvalue weighted by Crippen LogP contribution is -1.81. The summed E-state index contributed by atoms with van der Waals surface area (Å²) in [5.74, 6) is 0. The van der Waals surface area contributed by atoms with Gasteiger partial charge in [0, 0.05) is 8.27 Å².